The highest BCUT2D eigenvalue weighted by Crippen LogP contribution is 2.33. The molecule has 1 amide bonds. The zero-order valence-electron chi connectivity index (χ0n) is 9.46. The second kappa shape index (κ2) is 5.14. The minimum absolute atomic E-state index is 0.198. The van der Waals surface area contributed by atoms with Gasteiger partial charge in [-0.15, -0.1) is 0 Å². The lowest BCUT2D eigenvalue weighted by atomic mass is 10.1. The summed E-state index contributed by atoms with van der Waals surface area (Å²) in [5, 5.41) is 2.00. The van der Waals surface area contributed by atoms with E-state index in [1.165, 1.54) is 0 Å². The molecule has 104 valence electrons. The lowest BCUT2D eigenvalue weighted by Gasteiger charge is -2.13. The maximum Gasteiger partial charge on any atom is 0.419 e. The number of carbonyl (C=O) groups excluding carboxylic acids is 1. The number of ether oxygens (including phenoxy) is 2. The monoisotopic (exact) mass is 279 g/mol. The predicted octanol–water partition coefficient (Wildman–Crippen LogP) is 2.16. The summed E-state index contributed by atoms with van der Waals surface area (Å²) in [6.07, 6.45) is -6.06. The van der Waals surface area contributed by atoms with Crippen LogP contribution in [-0.4, -0.2) is 25.4 Å². The SMILES string of the molecule is O=C(Nc1cccc(C(F)(F)F)c1F)C1OCCO1. The quantitative estimate of drug-likeness (QED) is 0.844. The molecule has 1 aliphatic heterocycles. The van der Waals surface area contributed by atoms with E-state index in [0.717, 1.165) is 12.1 Å². The average Bonchev–Trinajstić information content (AvgIpc) is 2.83. The summed E-state index contributed by atoms with van der Waals surface area (Å²) in [7, 11) is 0. The number of amides is 1. The van der Waals surface area contributed by atoms with Gasteiger partial charge in [-0.05, 0) is 12.1 Å². The number of halogens is 4. The van der Waals surface area contributed by atoms with Gasteiger partial charge in [0.25, 0.3) is 5.91 Å². The van der Waals surface area contributed by atoms with Crippen LogP contribution in [0, 0.1) is 5.82 Å². The smallest absolute Gasteiger partial charge is 0.342 e. The van der Waals surface area contributed by atoms with Gasteiger partial charge in [0.15, 0.2) is 5.82 Å². The van der Waals surface area contributed by atoms with Gasteiger partial charge in [-0.2, -0.15) is 13.2 Å². The van der Waals surface area contributed by atoms with Crippen LogP contribution >= 0.6 is 0 Å². The van der Waals surface area contributed by atoms with Gasteiger partial charge < -0.3 is 14.8 Å². The highest BCUT2D eigenvalue weighted by Gasteiger charge is 2.35. The summed E-state index contributed by atoms with van der Waals surface area (Å²) < 4.78 is 60.7. The number of nitrogens with one attached hydrogen (secondary N) is 1. The third-order valence-electron chi connectivity index (χ3n) is 2.40. The Morgan fingerprint density at radius 3 is 2.47 bits per heavy atom. The van der Waals surface area contributed by atoms with Crippen molar-refractivity contribution < 1.29 is 31.8 Å². The fourth-order valence-corrected chi connectivity index (χ4v) is 1.55. The number of benzene rings is 1. The van der Waals surface area contributed by atoms with E-state index in [4.69, 9.17) is 9.47 Å². The summed E-state index contributed by atoms with van der Waals surface area (Å²) in [5.74, 6) is -2.39. The van der Waals surface area contributed by atoms with Crippen LogP contribution in [0.3, 0.4) is 0 Å². The molecule has 8 heteroatoms. The van der Waals surface area contributed by atoms with E-state index in [0.29, 0.717) is 6.07 Å². The molecule has 1 fully saturated rings. The standard InChI is InChI=1S/C11H9F4NO3/c12-8-6(11(13,14)15)2-1-3-7(8)16-9(17)10-18-4-5-19-10/h1-3,10H,4-5H2,(H,16,17). The number of rotatable bonds is 2. The first-order valence-electron chi connectivity index (χ1n) is 5.29. The summed E-state index contributed by atoms with van der Waals surface area (Å²) in [5.41, 5.74) is -2.02. The van der Waals surface area contributed by atoms with E-state index < -0.39 is 35.4 Å². The Kier molecular flexibility index (Phi) is 3.72. The molecule has 1 saturated heterocycles. The van der Waals surface area contributed by atoms with Gasteiger partial charge >= 0.3 is 6.18 Å². The van der Waals surface area contributed by atoms with Crippen molar-refractivity contribution in [3.05, 3.63) is 29.6 Å². The van der Waals surface area contributed by atoms with Gasteiger partial charge in [0, 0.05) is 0 Å². The number of alkyl halides is 3. The summed E-state index contributed by atoms with van der Waals surface area (Å²) >= 11 is 0. The van der Waals surface area contributed by atoms with Gasteiger partial charge in [0.05, 0.1) is 24.5 Å². The first kappa shape index (κ1) is 13.8. The van der Waals surface area contributed by atoms with Gasteiger partial charge in [0.2, 0.25) is 6.29 Å². The van der Waals surface area contributed by atoms with Crippen LogP contribution in [0.1, 0.15) is 5.56 Å². The molecule has 0 aliphatic carbocycles. The van der Waals surface area contributed by atoms with Crippen molar-refractivity contribution in [1.29, 1.82) is 0 Å². The van der Waals surface area contributed by atoms with E-state index in [1.54, 1.807) is 0 Å². The Balaban J connectivity index is 2.19. The fourth-order valence-electron chi connectivity index (χ4n) is 1.55. The number of hydrogen-bond donors (Lipinski definition) is 1. The first-order chi connectivity index (χ1) is 8.89. The van der Waals surface area contributed by atoms with Crippen LogP contribution in [0.25, 0.3) is 0 Å². The largest absolute Gasteiger partial charge is 0.419 e. The lowest BCUT2D eigenvalue weighted by molar-refractivity contribution is -0.141. The molecule has 1 aliphatic rings. The van der Waals surface area contributed by atoms with E-state index in [9.17, 15) is 22.4 Å². The van der Waals surface area contributed by atoms with Crippen molar-refractivity contribution in [2.24, 2.45) is 0 Å². The fraction of sp³-hybridized carbons (Fsp3) is 0.364. The molecule has 1 aromatic carbocycles. The average molecular weight is 279 g/mol. The molecule has 0 unspecified atom stereocenters. The molecule has 0 spiro atoms. The highest BCUT2D eigenvalue weighted by atomic mass is 19.4. The molecule has 0 bridgehead atoms. The molecule has 1 heterocycles. The summed E-state index contributed by atoms with van der Waals surface area (Å²) in [4.78, 5) is 11.5. The highest BCUT2D eigenvalue weighted by molar-refractivity contribution is 5.93. The molecule has 4 nitrogen and oxygen atoms in total. The van der Waals surface area contributed by atoms with Crippen LogP contribution in [-0.2, 0) is 20.4 Å². The van der Waals surface area contributed by atoms with Crippen molar-refractivity contribution in [2.75, 3.05) is 18.5 Å². The normalized spacial score (nSPS) is 16.6. The van der Waals surface area contributed by atoms with Gasteiger partial charge in [-0.1, -0.05) is 6.07 Å². The molecule has 1 N–H and O–H groups in total. The summed E-state index contributed by atoms with van der Waals surface area (Å²) in [6.45, 7) is 0.395. The second-order valence-corrected chi connectivity index (χ2v) is 3.73. The molecular formula is C11H9F4NO3. The van der Waals surface area contributed by atoms with Crippen LogP contribution in [0.4, 0.5) is 23.2 Å². The zero-order valence-corrected chi connectivity index (χ0v) is 9.46. The van der Waals surface area contributed by atoms with Crippen molar-refractivity contribution >= 4 is 11.6 Å². The van der Waals surface area contributed by atoms with Gasteiger partial charge in [-0.3, -0.25) is 4.79 Å². The van der Waals surface area contributed by atoms with Gasteiger partial charge in [-0.25, -0.2) is 4.39 Å². The first-order valence-corrected chi connectivity index (χ1v) is 5.29. The van der Waals surface area contributed by atoms with E-state index >= 15 is 0 Å². The minimum Gasteiger partial charge on any atom is -0.342 e. The van der Waals surface area contributed by atoms with E-state index in [-0.39, 0.29) is 13.2 Å². The lowest BCUT2D eigenvalue weighted by Crippen LogP contribution is -2.29. The molecule has 0 radical (unpaired) electrons. The van der Waals surface area contributed by atoms with E-state index in [1.807, 2.05) is 5.32 Å². The Morgan fingerprint density at radius 1 is 1.26 bits per heavy atom. The molecule has 19 heavy (non-hydrogen) atoms. The van der Waals surface area contributed by atoms with Crippen LogP contribution in [0.2, 0.25) is 0 Å². The molecule has 1 aromatic rings. The van der Waals surface area contributed by atoms with Crippen LogP contribution in [0.15, 0.2) is 18.2 Å². The Labute approximate surface area is 105 Å². The van der Waals surface area contributed by atoms with Crippen molar-refractivity contribution in [2.45, 2.75) is 12.5 Å². The van der Waals surface area contributed by atoms with Crippen LogP contribution in [0.5, 0.6) is 0 Å². The Bertz CT molecular complexity index is 483. The molecule has 0 atom stereocenters. The molecule has 0 aromatic heterocycles. The zero-order chi connectivity index (χ0) is 14.0. The number of hydrogen-bond acceptors (Lipinski definition) is 3. The Hall–Kier alpha value is -1.67. The minimum atomic E-state index is -4.83. The predicted molar refractivity (Wildman–Crippen MR) is 55.7 cm³/mol. The van der Waals surface area contributed by atoms with Crippen LogP contribution < -0.4 is 5.32 Å². The van der Waals surface area contributed by atoms with Crippen molar-refractivity contribution in [3.8, 4) is 0 Å². The maximum absolute atomic E-state index is 13.6. The molecular weight excluding hydrogens is 270 g/mol. The third kappa shape index (κ3) is 3.02. The second-order valence-electron chi connectivity index (χ2n) is 3.73. The maximum atomic E-state index is 13.6. The third-order valence-corrected chi connectivity index (χ3v) is 2.40. The van der Waals surface area contributed by atoms with E-state index in [2.05, 4.69) is 0 Å². The van der Waals surface area contributed by atoms with Crippen molar-refractivity contribution in [1.82, 2.24) is 0 Å². The number of anilines is 1. The summed E-state index contributed by atoms with van der Waals surface area (Å²) in [6, 6.07) is 2.61. The number of carbonyl (C=O) groups is 1. The molecule has 2 rings (SSSR count). The topological polar surface area (TPSA) is 47.6 Å². The van der Waals surface area contributed by atoms with Gasteiger partial charge in [0.1, 0.15) is 0 Å². The molecule has 0 saturated carbocycles. The van der Waals surface area contributed by atoms with Crippen molar-refractivity contribution in [3.63, 3.8) is 0 Å². The Morgan fingerprint density at radius 2 is 1.89 bits per heavy atom.